The van der Waals surface area contributed by atoms with Crippen LogP contribution >= 0.6 is 11.8 Å². The standard InChI is InChI=1S/C8H14O2S/c1-5(2)7-6(8(9)10)3-4-11-7/h5-7H,3-4H2,1-2H3,(H,9,10). The summed E-state index contributed by atoms with van der Waals surface area (Å²) in [5, 5.41) is 9.16. The van der Waals surface area contributed by atoms with Crippen molar-refractivity contribution >= 4 is 17.7 Å². The van der Waals surface area contributed by atoms with Crippen molar-refractivity contribution < 1.29 is 9.90 Å². The molecular weight excluding hydrogens is 160 g/mol. The van der Waals surface area contributed by atoms with Crippen molar-refractivity contribution in [3.05, 3.63) is 0 Å². The molecule has 1 N–H and O–H groups in total. The van der Waals surface area contributed by atoms with E-state index in [4.69, 9.17) is 5.11 Å². The molecule has 0 aromatic heterocycles. The van der Waals surface area contributed by atoms with E-state index in [1.165, 1.54) is 0 Å². The Morgan fingerprint density at radius 2 is 2.27 bits per heavy atom. The minimum atomic E-state index is -0.617. The van der Waals surface area contributed by atoms with Crippen molar-refractivity contribution in [1.29, 1.82) is 0 Å². The molecule has 1 aliphatic heterocycles. The molecular formula is C8H14O2S. The van der Waals surface area contributed by atoms with Crippen LogP contribution in [0.3, 0.4) is 0 Å². The van der Waals surface area contributed by atoms with Gasteiger partial charge in [-0.2, -0.15) is 11.8 Å². The Labute approximate surface area is 71.4 Å². The molecule has 3 heteroatoms. The molecule has 64 valence electrons. The summed E-state index contributed by atoms with van der Waals surface area (Å²) in [6.45, 7) is 4.19. The molecule has 1 aliphatic rings. The molecule has 2 unspecified atom stereocenters. The van der Waals surface area contributed by atoms with E-state index < -0.39 is 5.97 Å². The molecule has 0 amide bonds. The highest BCUT2D eigenvalue weighted by atomic mass is 32.2. The van der Waals surface area contributed by atoms with Crippen molar-refractivity contribution in [2.45, 2.75) is 25.5 Å². The van der Waals surface area contributed by atoms with Gasteiger partial charge in [0.2, 0.25) is 0 Å². The first-order valence-corrected chi connectivity index (χ1v) is 5.02. The van der Waals surface area contributed by atoms with E-state index in [1.54, 1.807) is 11.8 Å². The first kappa shape index (κ1) is 8.91. The maximum absolute atomic E-state index is 10.7. The smallest absolute Gasteiger partial charge is 0.307 e. The van der Waals surface area contributed by atoms with Gasteiger partial charge in [0.05, 0.1) is 5.92 Å². The Hall–Kier alpha value is -0.180. The zero-order valence-electron chi connectivity index (χ0n) is 6.91. The lowest BCUT2D eigenvalue weighted by molar-refractivity contribution is -0.141. The molecule has 1 saturated heterocycles. The molecule has 1 fully saturated rings. The van der Waals surface area contributed by atoms with Crippen molar-refractivity contribution in [2.75, 3.05) is 5.75 Å². The fourth-order valence-electron chi connectivity index (χ4n) is 1.53. The summed E-state index contributed by atoms with van der Waals surface area (Å²) in [5.41, 5.74) is 0. The van der Waals surface area contributed by atoms with Gasteiger partial charge in [0.15, 0.2) is 0 Å². The number of carbonyl (C=O) groups is 1. The predicted molar refractivity (Wildman–Crippen MR) is 46.8 cm³/mol. The number of carboxylic acids is 1. The fraction of sp³-hybridized carbons (Fsp3) is 0.875. The van der Waals surface area contributed by atoms with E-state index in [2.05, 4.69) is 13.8 Å². The number of thioether (sulfide) groups is 1. The number of hydrogen-bond donors (Lipinski definition) is 1. The molecule has 2 nitrogen and oxygen atoms in total. The molecule has 0 radical (unpaired) electrons. The molecule has 0 bridgehead atoms. The van der Waals surface area contributed by atoms with Crippen LogP contribution in [0.1, 0.15) is 20.3 Å². The normalized spacial score (nSPS) is 31.2. The van der Waals surface area contributed by atoms with Crippen molar-refractivity contribution in [2.24, 2.45) is 11.8 Å². The van der Waals surface area contributed by atoms with Gasteiger partial charge in [0.25, 0.3) is 0 Å². The maximum atomic E-state index is 10.7. The highest BCUT2D eigenvalue weighted by molar-refractivity contribution is 8.00. The number of hydrogen-bond acceptors (Lipinski definition) is 2. The average Bonchev–Trinajstić information content (AvgIpc) is 2.32. The third-order valence-electron chi connectivity index (χ3n) is 2.11. The van der Waals surface area contributed by atoms with Crippen LogP contribution in [0.15, 0.2) is 0 Å². The lowest BCUT2D eigenvalue weighted by atomic mass is 9.95. The maximum Gasteiger partial charge on any atom is 0.307 e. The number of carboxylic acid groups (broad SMARTS) is 1. The molecule has 0 saturated carbocycles. The first-order chi connectivity index (χ1) is 5.13. The van der Waals surface area contributed by atoms with Crippen LogP contribution in [0.5, 0.6) is 0 Å². The SMILES string of the molecule is CC(C)C1SCCC1C(=O)O. The highest BCUT2D eigenvalue weighted by Crippen LogP contribution is 2.36. The van der Waals surface area contributed by atoms with Crippen LogP contribution in [0.25, 0.3) is 0 Å². The van der Waals surface area contributed by atoms with E-state index in [0.717, 1.165) is 12.2 Å². The molecule has 0 spiro atoms. The van der Waals surface area contributed by atoms with Crippen LogP contribution < -0.4 is 0 Å². The van der Waals surface area contributed by atoms with E-state index in [9.17, 15) is 4.79 Å². The van der Waals surface area contributed by atoms with E-state index in [0.29, 0.717) is 11.2 Å². The predicted octanol–water partition coefficient (Wildman–Crippen LogP) is 1.85. The van der Waals surface area contributed by atoms with Gasteiger partial charge >= 0.3 is 5.97 Å². The Morgan fingerprint density at radius 1 is 1.64 bits per heavy atom. The Balaban J connectivity index is 2.58. The summed E-state index contributed by atoms with van der Waals surface area (Å²) in [5.74, 6) is 0.789. The monoisotopic (exact) mass is 174 g/mol. The summed E-state index contributed by atoms with van der Waals surface area (Å²) >= 11 is 1.81. The zero-order chi connectivity index (χ0) is 8.43. The van der Waals surface area contributed by atoms with Crippen LogP contribution in [0.4, 0.5) is 0 Å². The molecule has 1 rings (SSSR count). The van der Waals surface area contributed by atoms with Crippen LogP contribution in [-0.4, -0.2) is 22.1 Å². The largest absolute Gasteiger partial charge is 0.481 e. The van der Waals surface area contributed by atoms with Gasteiger partial charge in [-0.05, 0) is 18.1 Å². The topological polar surface area (TPSA) is 37.3 Å². The van der Waals surface area contributed by atoms with E-state index in [-0.39, 0.29) is 5.92 Å². The van der Waals surface area contributed by atoms with Crippen LogP contribution in [-0.2, 0) is 4.79 Å². The number of rotatable bonds is 2. The molecule has 11 heavy (non-hydrogen) atoms. The summed E-state index contributed by atoms with van der Waals surface area (Å²) < 4.78 is 0. The second-order valence-corrected chi connectivity index (χ2v) is 4.60. The zero-order valence-corrected chi connectivity index (χ0v) is 7.73. The Morgan fingerprint density at radius 3 is 2.64 bits per heavy atom. The lowest BCUT2D eigenvalue weighted by Gasteiger charge is -2.18. The van der Waals surface area contributed by atoms with Crippen molar-refractivity contribution in [1.82, 2.24) is 0 Å². The van der Waals surface area contributed by atoms with Crippen molar-refractivity contribution in [3.8, 4) is 0 Å². The summed E-state index contributed by atoms with van der Waals surface area (Å²) in [6.07, 6.45) is 0.850. The third kappa shape index (κ3) is 1.89. The van der Waals surface area contributed by atoms with Gasteiger partial charge in [-0.1, -0.05) is 13.8 Å². The summed E-state index contributed by atoms with van der Waals surface area (Å²) in [7, 11) is 0. The molecule has 0 aromatic carbocycles. The summed E-state index contributed by atoms with van der Waals surface area (Å²) in [6, 6.07) is 0. The van der Waals surface area contributed by atoms with Crippen LogP contribution in [0.2, 0.25) is 0 Å². The van der Waals surface area contributed by atoms with Gasteiger partial charge in [0, 0.05) is 5.25 Å². The lowest BCUT2D eigenvalue weighted by Crippen LogP contribution is -2.25. The minimum Gasteiger partial charge on any atom is -0.481 e. The Kier molecular flexibility index (Phi) is 2.82. The molecule has 0 aliphatic carbocycles. The van der Waals surface area contributed by atoms with E-state index >= 15 is 0 Å². The second kappa shape index (κ2) is 3.48. The fourth-order valence-corrected chi connectivity index (χ4v) is 3.06. The summed E-state index contributed by atoms with van der Waals surface area (Å²) in [4.78, 5) is 10.7. The quantitative estimate of drug-likeness (QED) is 0.694. The first-order valence-electron chi connectivity index (χ1n) is 3.97. The van der Waals surface area contributed by atoms with Gasteiger partial charge in [-0.25, -0.2) is 0 Å². The molecule has 1 heterocycles. The van der Waals surface area contributed by atoms with E-state index in [1.807, 2.05) is 0 Å². The van der Waals surface area contributed by atoms with Gasteiger partial charge in [-0.15, -0.1) is 0 Å². The van der Waals surface area contributed by atoms with Crippen molar-refractivity contribution in [3.63, 3.8) is 0 Å². The Bertz CT molecular complexity index is 156. The molecule has 2 atom stereocenters. The average molecular weight is 174 g/mol. The van der Waals surface area contributed by atoms with Gasteiger partial charge < -0.3 is 5.11 Å². The highest BCUT2D eigenvalue weighted by Gasteiger charge is 2.35. The van der Waals surface area contributed by atoms with Gasteiger partial charge in [0.1, 0.15) is 0 Å². The second-order valence-electron chi connectivity index (χ2n) is 3.31. The van der Waals surface area contributed by atoms with Crippen LogP contribution in [0, 0.1) is 11.8 Å². The third-order valence-corrected chi connectivity index (χ3v) is 3.84. The number of aliphatic carboxylic acids is 1. The molecule has 0 aromatic rings. The minimum absolute atomic E-state index is 0.0972. The van der Waals surface area contributed by atoms with Gasteiger partial charge in [-0.3, -0.25) is 4.79 Å².